The second-order valence-electron chi connectivity index (χ2n) is 25.3. The average molecular weight is 1510 g/mol. The van der Waals surface area contributed by atoms with E-state index >= 15 is 0 Å². The molecule has 0 rings (SSSR count). The Hall–Kier alpha value is -8.46. The normalized spacial score (nSPS) is 11.8. The molecule has 9 amide bonds. The molecule has 0 radical (unpaired) electrons. The summed E-state index contributed by atoms with van der Waals surface area (Å²) in [6, 6.07) is -0.916. The van der Waals surface area contributed by atoms with Crippen LogP contribution in [0.25, 0.3) is 0 Å². The van der Waals surface area contributed by atoms with Gasteiger partial charge < -0.3 is 81.0 Å². The highest BCUT2D eigenvalue weighted by Gasteiger charge is 2.25. The molecular weight excluding hydrogens is 1390 g/mol. The van der Waals surface area contributed by atoms with Crippen LogP contribution in [0.2, 0.25) is 0 Å². The molecule has 0 aromatic rings. The average Bonchev–Trinajstić information content (AvgIpc) is 0.945. The van der Waals surface area contributed by atoms with E-state index in [1.807, 2.05) is 13.8 Å². The topological polar surface area (TPSA) is 412 Å². The molecule has 0 heterocycles. The first-order chi connectivity index (χ1) is 51.7. The summed E-state index contributed by atoms with van der Waals surface area (Å²) in [6.07, 6.45) is 30.4. The van der Waals surface area contributed by atoms with E-state index in [0.717, 1.165) is 19.3 Å². The van der Waals surface area contributed by atoms with Crippen LogP contribution in [-0.2, 0) is 100 Å². The highest BCUT2D eigenvalue weighted by molar-refractivity contribution is 5.90. The van der Waals surface area contributed by atoms with Crippen molar-refractivity contribution in [2.75, 3.05) is 138 Å². The van der Waals surface area contributed by atoms with Crippen LogP contribution in [0, 0.1) is 61.2 Å². The van der Waals surface area contributed by atoms with Gasteiger partial charge in [0.05, 0.1) is 32.5 Å². The lowest BCUT2D eigenvalue weighted by Gasteiger charge is -2.19. The molecule has 0 saturated heterocycles. The first-order valence-corrected chi connectivity index (χ1v) is 37.6. The Bertz CT molecular complexity index is 2810. The van der Waals surface area contributed by atoms with Crippen molar-refractivity contribution < 1.29 is 100 Å². The molecule has 0 fully saturated rings. The molecule has 0 aliphatic rings. The van der Waals surface area contributed by atoms with Crippen LogP contribution in [0.3, 0.4) is 0 Å². The van der Waals surface area contributed by atoms with Crippen LogP contribution in [0.4, 0.5) is 0 Å². The summed E-state index contributed by atoms with van der Waals surface area (Å²) in [7, 11) is 0. The van der Waals surface area contributed by atoms with Gasteiger partial charge in [-0.05, 0) is 77.0 Å². The summed E-state index contributed by atoms with van der Waals surface area (Å²) < 4.78 is 38.3. The monoisotopic (exact) mass is 1510 g/mol. The number of ketones is 5. The molecule has 30 heteroatoms. The zero-order valence-electron chi connectivity index (χ0n) is 63.3. The van der Waals surface area contributed by atoms with E-state index in [2.05, 4.69) is 71.5 Å². The van der Waals surface area contributed by atoms with Crippen LogP contribution in [-0.4, -0.2) is 232 Å². The van der Waals surface area contributed by atoms with E-state index in [0.29, 0.717) is 83.5 Å². The van der Waals surface area contributed by atoms with Crippen molar-refractivity contribution in [2.24, 2.45) is 11.8 Å². The number of carbonyl (C=O) groups is 14. The Kier molecular flexibility index (Phi) is 63.8. The van der Waals surface area contributed by atoms with Crippen LogP contribution >= 0.6 is 0 Å². The van der Waals surface area contributed by atoms with Crippen molar-refractivity contribution in [3.63, 3.8) is 0 Å². The minimum Gasteiger partial charge on any atom is -0.374 e. The summed E-state index contributed by atoms with van der Waals surface area (Å²) in [5.74, 6) is 3.79. The highest BCUT2D eigenvalue weighted by atomic mass is 16.5. The number of hydrogen-bond donors (Lipinski definition) is 9. The minimum absolute atomic E-state index is 0.000288. The van der Waals surface area contributed by atoms with Gasteiger partial charge in [0.15, 0.2) is 17.3 Å². The summed E-state index contributed by atoms with van der Waals surface area (Å²) in [5, 5.41) is 24.7. The highest BCUT2D eigenvalue weighted by Crippen LogP contribution is 2.17. The number of nitrogens with one attached hydrogen (secondary N) is 9. The first-order valence-electron chi connectivity index (χ1n) is 37.6. The van der Waals surface area contributed by atoms with E-state index in [1.54, 1.807) is 0 Å². The number of ether oxygens (including phenoxy) is 7. The summed E-state index contributed by atoms with van der Waals surface area (Å²) >= 11 is 0. The van der Waals surface area contributed by atoms with E-state index in [9.17, 15) is 67.1 Å². The molecule has 107 heavy (non-hydrogen) atoms. The molecule has 0 spiro atoms. The lowest BCUT2D eigenvalue weighted by molar-refractivity contribution is -0.132. The van der Waals surface area contributed by atoms with Crippen molar-refractivity contribution in [3.8, 4) is 49.4 Å². The fraction of sp³-hybridized carbons (Fsp3) is 0.714. The fourth-order valence-corrected chi connectivity index (χ4v) is 10.2. The second-order valence-corrected chi connectivity index (χ2v) is 25.3. The first kappa shape index (κ1) is 98.5. The van der Waals surface area contributed by atoms with Gasteiger partial charge in [0, 0.05) is 167 Å². The number of terminal acetylenes is 4. The van der Waals surface area contributed by atoms with Crippen LogP contribution < -0.4 is 47.9 Å². The van der Waals surface area contributed by atoms with Gasteiger partial charge in [0.25, 0.3) is 0 Å². The molecular formula is C77H121N9O21. The minimum atomic E-state index is -0.948. The summed E-state index contributed by atoms with van der Waals surface area (Å²) in [5.41, 5.74) is 0. The van der Waals surface area contributed by atoms with E-state index < -0.39 is 48.1 Å². The molecule has 9 N–H and O–H groups in total. The molecule has 1 unspecified atom stereocenters. The molecule has 4 atom stereocenters. The maximum atomic E-state index is 13.6. The molecule has 30 nitrogen and oxygen atoms in total. The van der Waals surface area contributed by atoms with Crippen molar-refractivity contribution in [1.29, 1.82) is 0 Å². The quantitative estimate of drug-likeness (QED) is 0.0312. The van der Waals surface area contributed by atoms with Crippen LogP contribution in [0.5, 0.6) is 0 Å². The largest absolute Gasteiger partial charge is 0.374 e. The Morgan fingerprint density at radius 2 is 0.645 bits per heavy atom. The van der Waals surface area contributed by atoms with Crippen LogP contribution in [0.1, 0.15) is 194 Å². The zero-order valence-corrected chi connectivity index (χ0v) is 63.3. The Balaban J connectivity index is 5.53. The third-order valence-corrected chi connectivity index (χ3v) is 16.0. The van der Waals surface area contributed by atoms with E-state index in [4.69, 9.17) is 58.9 Å². The van der Waals surface area contributed by atoms with Gasteiger partial charge in [-0.2, -0.15) is 0 Å². The number of rotatable bonds is 73. The van der Waals surface area contributed by atoms with E-state index in [-0.39, 0.29) is 273 Å². The number of Topliss-reactive ketones (excluding diaryl/α,β-unsaturated/α-hetero) is 5. The number of amides is 9. The lowest BCUT2D eigenvalue weighted by atomic mass is 9.95. The molecule has 0 aromatic carbocycles. The third-order valence-electron chi connectivity index (χ3n) is 16.0. The van der Waals surface area contributed by atoms with E-state index in [1.165, 1.54) is 0 Å². The summed E-state index contributed by atoms with van der Waals surface area (Å²) in [4.78, 5) is 177. The zero-order chi connectivity index (χ0) is 79.2. The molecule has 0 saturated carbocycles. The van der Waals surface area contributed by atoms with Gasteiger partial charge in [-0.15, -0.1) is 49.4 Å². The van der Waals surface area contributed by atoms with Crippen molar-refractivity contribution in [1.82, 2.24) is 47.9 Å². The maximum Gasteiger partial charge on any atom is 0.246 e. The predicted octanol–water partition coefficient (Wildman–Crippen LogP) is 2.46. The molecule has 0 aromatic heterocycles. The van der Waals surface area contributed by atoms with Gasteiger partial charge in [-0.3, -0.25) is 67.1 Å². The maximum absolute atomic E-state index is 13.6. The van der Waals surface area contributed by atoms with Gasteiger partial charge in [-0.1, -0.05) is 33.1 Å². The standard InChI is InChI=1S/C77H121N9O21/c1-7-13-29-63(87)31-23-44-101-53-65(89)51-60(27-17-20-37-78-71(94)55-104-47-40-81-69(92)35-15-9-3)76(99)83-42-49-106-57-73(96)80-39-22-19-33-67(68(91)34-25-46-103-58-74(97)85-62(12-6)26-11-5)86-75(98)59-107-50-43-84-77(100)61(52-66(90)54-102-45-24-32-64(88)30-14-8-2)28-18-21-38-79-72(95)56-105-48-41-82-70(93)36-16-10-4/h1-4,60-62,67H,11-59H2,5-6H3,(H,78,94)(H,79,95)(H,80,96)(H,81,92)(H,82,93)(H,83,99)(H,84,100)(H,85,97)(H,86,98)/t60?,61-,62-,67+/m1/s1. The summed E-state index contributed by atoms with van der Waals surface area (Å²) in [6.45, 7) is 3.75. The molecule has 0 aliphatic heterocycles. The fourth-order valence-electron chi connectivity index (χ4n) is 10.2. The van der Waals surface area contributed by atoms with Gasteiger partial charge in [0.1, 0.15) is 57.8 Å². The number of hydrogen-bond acceptors (Lipinski definition) is 21. The third kappa shape index (κ3) is 61.3. The Labute approximate surface area is 632 Å². The SMILES string of the molecule is C#CCCC(=O)CCCOCC(=O)CC(CCCCNC(=O)COCCNC(=O)CCC#C)C(=O)NCCOCC(=O)NCCCC[C@H](NC(=O)COCCNC(=O)[C@H](CCCCNC(=O)COCCNC(=O)CCC#C)CC(=O)COCCCC(=O)CCC#C)C(=O)CCCOCC(=O)N[C@H](CC)CCC. The second kappa shape index (κ2) is 69.3. The molecule has 600 valence electrons. The number of unbranched alkanes of at least 4 members (excludes halogenated alkanes) is 3. The Morgan fingerprint density at radius 3 is 1.04 bits per heavy atom. The van der Waals surface area contributed by atoms with Crippen LogP contribution in [0.15, 0.2) is 0 Å². The Morgan fingerprint density at radius 1 is 0.308 bits per heavy atom. The van der Waals surface area contributed by atoms with Gasteiger partial charge in [-0.25, -0.2) is 0 Å². The van der Waals surface area contributed by atoms with Gasteiger partial charge >= 0.3 is 0 Å². The molecule has 0 bridgehead atoms. The van der Waals surface area contributed by atoms with Crippen molar-refractivity contribution in [2.45, 2.75) is 206 Å². The lowest BCUT2D eigenvalue weighted by Crippen LogP contribution is -2.43. The number of carbonyl (C=O) groups excluding carboxylic acids is 14. The van der Waals surface area contributed by atoms with Crippen molar-refractivity contribution >= 4 is 82.1 Å². The van der Waals surface area contributed by atoms with Crippen molar-refractivity contribution in [3.05, 3.63) is 0 Å². The van der Waals surface area contributed by atoms with Gasteiger partial charge in [0.2, 0.25) is 53.2 Å². The predicted molar refractivity (Wildman–Crippen MR) is 399 cm³/mol. The molecule has 0 aliphatic carbocycles. The smallest absolute Gasteiger partial charge is 0.246 e.